The number of likely N-dealkylation sites (tertiary alicyclic amines) is 2. The predicted octanol–water partition coefficient (Wildman–Crippen LogP) is 10.3. The van der Waals surface area contributed by atoms with Gasteiger partial charge in [-0.05, 0) is 162 Å². The fourth-order valence-electron chi connectivity index (χ4n) is 12.7. The van der Waals surface area contributed by atoms with Crippen LogP contribution in [0.4, 0.5) is 70.6 Å². The van der Waals surface area contributed by atoms with E-state index < -0.39 is 67.4 Å². The van der Waals surface area contributed by atoms with E-state index in [1.807, 2.05) is 77.9 Å². The number of piperidine rings is 2. The van der Waals surface area contributed by atoms with Crippen molar-refractivity contribution in [2.24, 2.45) is 35.5 Å². The molecule has 4 unspecified atom stereocenters. The molecule has 9 heterocycles. The normalized spacial score (nSPS) is 25.3. The Kier molecular flexibility index (Phi) is 18.0. The number of aryl methyl sites for hydroxylation is 2. The second kappa shape index (κ2) is 25.1. The van der Waals surface area contributed by atoms with Crippen LogP contribution in [0.5, 0.6) is 0 Å². The minimum atomic E-state index is -4.23. The van der Waals surface area contributed by atoms with Gasteiger partial charge in [0.25, 0.3) is 0 Å². The molecule has 18 nitrogen and oxygen atoms in total. The lowest BCUT2D eigenvalue weighted by molar-refractivity contribution is -0.144. The van der Waals surface area contributed by atoms with E-state index in [9.17, 15) is 45.5 Å². The molecule has 2 aliphatic carbocycles. The second-order valence-corrected chi connectivity index (χ2v) is 26.2. The Morgan fingerprint density at radius 3 is 1.50 bits per heavy atom. The predicted molar refractivity (Wildman–Crippen MR) is 323 cm³/mol. The molecule has 0 bridgehead atoms. The molecule has 6 atom stereocenters. The first-order chi connectivity index (χ1) is 41.6. The number of anilines is 6. The molecule has 0 spiro atoms. The number of carbonyl (C=O) groups is 4. The van der Waals surface area contributed by atoms with Gasteiger partial charge in [-0.15, -0.1) is 0 Å². The maximum Gasteiger partial charge on any atom is 0.495 e. The van der Waals surface area contributed by atoms with E-state index in [-0.39, 0.29) is 36.7 Å². The zero-order valence-electron chi connectivity index (χ0n) is 50.4. The molecular formula is C62H76BClF6N10O8. The van der Waals surface area contributed by atoms with Crippen molar-refractivity contribution < 1.29 is 64.3 Å². The van der Waals surface area contributed by atoms with Crippen LogP contribution in [0.3, 0.4) is 0 Å². The molecule has 474 valence electrons. The SMILES string of the molecule is Cc1ccc(NC(=O)N2CC[C@@H](CC(F)(F)F)C2)cc1-c1cc(N2CCOCC2)nc(N2CC3CC3C2=O)c1.Cc1ccc(NC(=O)N2CC[C@@H](CC(F)(F)F)C2)cc1B1OC(C)(C)C(C)(C)O1.O=C1C2CC2CN1c1cc(Cl)cc(N2CCOCC2)n1. The van der Waals surface area contributed by atoms with Crippen molar-refractivity contribution >= 4 is 82.7 Å². The molecule has 2 aromatic heterocycles. The van der Waals surface area contributed by atoms with E-state index in [2.05, 4.69) is 25.4 Å². The molecule has 26 heteroatoms. The lowest BCUT2D eigenvalue weighted by Crippen LogP contribution is -2.41. The standard InChI is InChI=1S/C28H32F3N5O3.C20H28BF3N2O3.C14H16ClN3O2/c1-17-2-3-21(32-27(38)35-5-4-18(15-35)14-28(29,30)31)13-22(17)19-11-24(34-6-8-39-9-7-34)33-25(12-19)36-16-20-10-23(20)26(36)37;1-13-6-7-15(10-16(13)21-28-18(2,3)19(4,5)29-21)25-17(27)26-9-8-14(12-26)11-20(22,23)24;15-10-6-12(17-1-3-20-4-2-17)16-13(7-10)18-8-9-5-11(9)14(18)19/h2-3,11-13,18,20,23H,4-10,14-16H2,1H3,(H,32,38);6-7,10,14H,8-9,11-12H2,1-5H3,(H,25,27);6-7,9,11H,1-5,8H2/t18-,20?,23?;14-;/m00./s1. The Labute approximate surface area is 514 Å². The molecule has 9 fully saturated rings. The van der Waals surface area contributed by atoms with Gasteiger partial charge in [0, 0.05) is 107 Å². The lowest BCUT2D eigenvalue weighted by atomic mass is 9.76. The summed E-state index contributed by atoms with van der Waals surface area (Å²) in [6.45, 7) is 19.8. The van der Waals surface area contributed by atoms with Crippen molar-refractivity contribution in [1.82, 2.24) is 19.8 Å². The molecule has 7 saturated heterocycles. The molecule has 4 aromatic rings. The summed E-state index contributed by atoms with van der Waals surface area (Å²) < 4.78 is 99.2. The van der Waals surface area contributed by atoms with Crippen LogP contribution in [0.25, 0.3) is 11.1 Å². The van der Waals surface area contributed by atoms with E-state index in [4.69, 9.17) is 35.4 Å². The van der Waals surface area contributed by atoms with Crippen LogP contribution in [0.2, 0.25) is 5.02 Å². The molecule has 2 saturated carbocycles. The van der Waals surface area contributed by atoms with Crippen LogP contribution >= 0.6 is 11.6 Å². The van der Waals surface area contributed by atoms with Gasteiger partial charge in [-0.25, -0.2) is 19.6 Å². The smallest absolute Gasteiger partial charge is 0.399 e. The summed E-state index contributed by atoms with van der Waals surface area (Å²) in [7, 11) is -0.556. The summed E-state index contributed by atoms with van der Waals surface area (Å²) in [6.07, 6.45) is -7.45. The van der Waals surface area contributed by atoms with E-state index in [0.717, 1.165) is 71.8 Å². The highest BCUT2D eigenvalue weighted by Gasteiger charge is 2.55. The van der Waals surface area contributed by atoms with Crippen molar-refractivity contribution in [3.63, 3.8) is 0 Å². The molecule has 13 rings (SSSR count). The average molecular weight is 1250 g/mol. The summed E-state index contributed by atoms with van der Waals surface area (Å²) in [4.78, 5) is 70.7. The fourth-order valence-corrected chi connectivity index (χ4v) is 12.9. The Bertz CT molecular complexity index is 3260. The zero-order chi connectivity index (χ0) is 62.6. The monoisotopic (exact) mass is 1250 g/mol. The number of amides is 6. The first kappa shape index (κ1) is 63.2. The number of carbonyl (C=O) groups excluding carboxylic acids is 4. The third kappa shape index (κ3) is 14.7. The average Bonchev–Trinajstić information content (AvgIpc) is 1.97. The quantitative estimate of drug-likeness (QED) is 0.114. The summed E-state index contributed by atoms with van der Waals surface area (Å²) in [5.41, 5.74) is 4.70. The van der Waals surface area contributed by atoms with Gasteiger partial charge in [0.1, 0.15) is 23.3 Å². The van der Waals surface area contributed by atoms with E-state index >= 15 is 0 Å². The highest BCUT2D eigenvalue weighted by Crippen LogP contribution is 2.49. The van der Waals surface area contributed by atoms with Crippen molar-refractivity contribution in [3.05, 3.63) is 76.8 Å². The Morgan fingerprint density at radius 1 is 0.602 bits per heavy atom. The van der Waals surface area contributed by atoms with Gasteiger partial charge in [0.2, 0.25) is 11.8 Å². The number of ether oxygens (including phenoxy) is 2. The van der Waals surface area contributed by atoms with Crippen molar-refractivity contribution in [2.45, 2.75) is 104 Å². The molecule has 6 amide bonds. The molecule has 0 radical (unpaired) electrons. The van der Waals surface area contributed by atoms with Gasteiger partial charge in [0.15, 0.2) is 0 Å². The van der Waals surface area contributed by atoms with Crippen LogP contribution in [0.1, 0.15) is 77.3 Å². The maximum absolute atomic E-state index is 12.9. The maximum atomic E-state index is 12.9. The van der Waals surface area contributed by atoms with Crippen LogP contribution in [0.15, 0.2) is 60.7 Å². The number of rotatable bonds is 10. The number of urea groups is 2. The van der Waals surface area contributed by atoms with Crippen LogP contribution < -0.4 is 35.7 Å². The van der Waals surface area contributed by atoms with Gasteiger partial charge in [-0.3, -0.25) is 19.4 Å². The van der Waals surface area contributed by atoms with Gasteiger partial charge >= 0.3 is 31.5 Å². The number of aromatic nitrogens is 2. The Hall–Kier alpha value is -6.41. The molecule has 88 heavy (non-hydrogen) atoms. The number of halogens is 7. The summed E-state index contributed by atoms with van der Waals surface area (Å²) >= 11 is 6.21. The van der Waals surface area contributed by atoms with Crippen molar-refractivity contribution in [1.29, 1.82) is 0 Å². The third-order valence-electron chi connectivity index (χ3n) is 18.7. The number of nitrogens with one attached hydrogen (secondary N) is 2. The van der Waals surface area contributed by atoms with Gasteiger partial charge in [-0.1, -0.05) is 29.3 Å². The Morgan fingerprint density at radius 2 is 1.03 bits per heavy atom. The zero-order valence-corrected chi connectivity index (χ0v) is 51.2. The third-order valence-corrected chi connectivity index (χ3v) is 18.9. The van der Waals surface area contributed by atoms with Crippen molar-refractivity contribution in [3.8, 4) is 11.1 Å². The van der Waals surface area contributed by atoms with Gasteiger partial charge < -0.3 is 49.0 Å². The number of nitrogens with zero attached hydrogens (tertiary/aromatic N) is 8. The number of morpholine rings is 2. The van der Waals surface area contributed by atoms with Crippen LogP contribution in [0, 0.1) is 49.4 Å². The van der Waals surface area contributed by atoms with E-state index in [0.29, 0.717) is 112 Å². The summed E-state index contributed by atoms with van der Waals surface area (Å²) in [5.74, 6) is 3.46. The number of hydrogen-bond donors (Lipinski definition) is 2. The number of pyridine rings is 2. The highest BCUT2D eigenvalue weighted by atomic mass is 35.5. The minimum Gasteiger partial charge on any atom is -0.399 e. The van der Waals surface area contributed by atoms with E-state index in [1.54, 1.807) is 34.1 Å². The van der Waals surface area contributed by atoms with Gasteiger partial charge in [0.05, 0.1) is 37.6 Å². The first-order valence-electron chi connectivity index (χ1n) is 30.4. The first-order valence-corrected chi connectivity index (χ1v) is 30.8. The van der Waals surface area contributed by atoms with Crippen LogP contribution in [-0.2, 0) is 28.4 Å². The lowest BCUT2D eigenvalue weighted by Gasteiger charge is -2.32. The highest BCUT2D eigenvalue weighted by molar-refractivity contribution is 6.62. The largest absolute Gasteiger partial charge is 0.495 e. The number of hydrogen-bond acceptors (Lipinski definition) is 12. The Balaban J connectivity index is 0.000000144. The number of fused-ring (bicyclic) bond motifs is 2. The van der Waals surface area contributed by atoms with Crippen LogP contribution in [-0.4, -0.2) is 166 Å². The molecular weight excluding hydrogens is 1170 g/mol. The minimum absolute atomic E-state index is 0.0898. The summed E-state index contributed by atoms with van der Waals surface area (Å²) in [6, 6.07) is 17.8. The second-order valence-electron chi connectivity index (χ2n) is 25.8. The molecule has 7 aliphatic heterocycles. The van der Waals surface area contributed by atoms with E-state index in [1.165, 1.54) is 9.80 Å². The fraction of sp³-hybridized carbons (Fsp3) is 0.581. The van der Waals surface area contributed by atoms with Crippen molar-refractivity contribution in [2.75, 3.05) is 122 Å². The number of benzene rings is 2. The number of alkyl halides is 6. The van der Waals surface area contributed by atoms with Gasteiger partial charge in [-0.2, -0.15) is 26.3 Å². The molecule has 9 aliphatic rings. The molecule has 2 N–H and O–H groups in total. The topological polar surface area (TPSA) is 174 Å². The summed E-state index contributed by atoms with van der Waals surface area (Å²) in [5, 5.41) is 6.29. The molecule has 2 aromatic carbocycles.